The van der Waals surface area contributed by atoms with E-state index in [9.17, 15) is 9.59 Å². The number of nitriles is 1. The van der Waals surface area contributed by atoms with E-state index in [0.29, 0.717) is 23.9 Å². The number of aromatic nitrogens is 2. The average Bonchev–Trinajstić information content (AvgIpc) is 2.73. The maximum atomic E-state index is 12.2. The minimum atomic E-state index is -0.190. The fourth-order valence-corrected chi connectivity index (χ4v) is 3.52. The van der Waals surface area contributed by atoms with Crippen LogP contribution in [0.15, 0.2) is 35.6 Å². The van der Waals surface area contributed by atoms with Crippen LogP contribution in [0.4, 0.5) is 17.2 Å². The number of rotatable bonds is 5. The van der Waals surface area contributed by atoms with Crippen LogP contribution >= 0.6 is 11.8 Å². The lowest BCUT2D eigenvalue weighted by atomic mass is 10.2. The highest BCUT2D eigenvalue weighted by Gasteiger charge is 2.18. The topological polar surface area (TPSA) is 128 Å². The van der Waals surface area contributed by atoms with Crippen LogP contribution in [0.3, 0.4) is 0 Å². The Bertz CT molecular complexity index is 935. The van der Waals surface area contributed by atoms with Gasteiger partial charge in [-0.25, -0.2) is 9.97 Å². The van der Waals surface area contributed by atoms with E-state index in [1.807, 2.05) is 35.2 Å². The van der Waals surface area contributed by atoms with Crippen molar-refractivity contribution in [1.82, 2.24) is 14.9 Å². The van der Waals surface area contributed by atoms with E-state index in [-0.39, 0.29) is 28.9 Å². The standard InChI is InChI=1S/C19H21N7O2S/c1-13(27)25-6-8-26(9-7-25)16-4-2-15(3-5-16)23-17(28)12-29-19-22-11-14(10-20)18(21)24-19/h2-5,11H,6-9,12H2,1H3,(H,23,28)(H2,21,22,24). The van der Waals surface area contributed by atoms with Gasteiger partial charge in [-0.2, -0.15) is 5.26 Å². The molecular weight excluding hydrogens is 390 g/mol. The number of nitrogens with one attached hydrogen (secondary N) is 1. The van der Waals surface area contributed by atoms with E-state index >= 15 is 0 Å². The van der Waals surface area contributed by atoms with Gasteiger partial charge < -0.3 is 20.9 Å². The Balaban J connectivity index is 1.49. The number of thioether (sulfide) groups is 1. The minimum Gasteiger partial charge on any atom is -0.382 e. The first-order valence-corrected chi connectivity index (χ1v) is 10.0. The molecule has 0 saturated carbocycles. The lowest BCUT2D eigenvalue weighted by Gasteiger charge is -2.35. The summed E-state index contributed by atoms with van der Waals surface area (Å²) in [5, 5.41) is 12.0. The number of carbonyl (C=O) groups is 2. The molecule has 10 heteroatoms. The van der Waals surface area contributed by atoms with Crippen molar-refractivity contribution >= 4 is 40.8 Å². The second kappa shape index (κ2) is 9.25. The molecule has 3 rings (SSSR count). The van der Waals surface area contributed by atoms with Gasteiger partial charge in [0.2, 0.25) is 11.8 Å². The molecule has 1 aromatic heterocycles. The SMILES string of the molecule is CC(=O)N1CCN(c2ccc(NC(=O)CSc3ncc(C#N)c(N)n3)cc2)CC1. The monoisotopic (exact) mass is 411 g/mol. The Morgan fingerprint density at radius 2 is 1.93 bits per heavy atom. The van der Waals surface area contributed by atoms with E-state index in [4.69, 9.17) is 11.0 Å². The van der Waals surface area contributed by atoms with Crippen molar-refractivity contribution in [1.29, 1.82) is 5.26 Å². The van der Waals surface area contributed by atoms with Crippen LogP contribution in [0.2, 0.25) is 0 Å². The Hall–Kier alpha value is -3.32. The number of carbonyl (C=O) groups excluding carboxylic acids is 2. The first kappa shape index (κ1) is 20.4. The number of hydrogen-bond donors (Lipinski definition) is 2. The first-order valence-electron chi connectivity index (χ1n) is 9.02. The summed E-state index contributed by atoms with van der Waals surface area (Å²) in [4.78, 5) is 35.6. The van der Waals surface area contributed by atoms with Crippen LogP contribution in [0.25, 0.3) is 0 Å². The van der Waals surface area contributed by atoms with Crippen LogP contribution in [0.1, 0.15) is 12.5 Å². The number of anilines is 3. The molecule has 2 heterocycles. The number of amides is 2. The summed E-state index contributed by atoms with van der Waals surface area (Å²) >= 11 is 1.15. The van der Waals surface area contributed by atoms with Gasteiger partial charge in [-0.15, -0.1) is 0 Å². The second-order valence-corrected chi connectivity index (χ2v) is 7.38. The Morgan fingerprint density at radius 3 is 2.52 bits per heavy atom. The maximum absolute atomic E-state index is 12.2. The summed E-state index contributed by atoms with van der Waals surface area (Å²) in [5.41, 5.74) is 7.61. The number of nitrogen functional groups attached to an aromatic ring is 1. The van der Waals surface area contributed by atoms with Crippen molar-refractivity contribution in [3.8, 4) is 6.07 Å². The van der Waals surface area contributed by atoms with Crippen LogP contribution in [0.5, 0.6) is 0 Å². The van der Waals surface area contributed by atoms with Gasteiger partial charge in [-0.1, -0.05) is 11.8 Å². The molecule has 2 amide bonds. The zero-order valence-electron chi connectivity index (χ0n) is 16.0. The second-order valence-electron chi connectivity index (χ2n) is 6.44. The van der Waals surface area contributed by atoms with Gasteiger partial charge in [0.05, 0.1) is 11.9 Å². The normalized spacial score (nSPS) is 13.7. The zero-order chi connectivity index (χ0) is 20.8. The number of benzene rings is 1. The van der Waals surface area contributed by atoms with Crippen molar-refractivity contribution < 1.29 is 9.59 Å². The zero-order valence-corrected chi connectivity index (χ0v) is 16.8. The molecule has 9 nitrogen and oxygen atoms in total. The maximum Gasteiger partial charge on any atom is 0.234 e. The highest BCUT2D eigenvalue weighted by molar-refractivity contribution is 7.99. The third-order valence-electron chi connectivity index (χ3n) is 4.49. The van der Waals surface area contributed by atoms with E-state index in [1.165, 1.54) is 6.20 Å². The highest BCUT2D eigenvalue weighted by Crippen LogP contribution is 2.21. The molecule has 0 aliphatic carbocycles. The van der Waals surface area contributed by atoms with Gasteiger partial charge in [0, 0.05) is 44.5 Å². The molecule has 0 spiro atoms. The third kappa shape index (κ3) is 5.36. The molecule has 29 heavy (non-hydrogen) atoms. The smallest absolute Gasteiger partial charge is 0.234 e. The number of nitrogens with two attached hydrogens (primary N) is 1. The fraction of sp³-hybridized carbons (Fsp3) is 0.316. The number of nitrogens with zero attached hydrogens (tertiary/aromatic N) is 5. The molecule has 0 radical (unpaired) electrons. The Labute approximate surface area is 172 Å². The summed E-state index contributed by atoms with van der Waals surface area (Å²) < 4.78 is 0. The predicted octanol–water partition coefficient (Wildman–Crippen LogP) is 1.33. The number of hydrogen-bond acceptors (Lipinski definition) is 8. The van der Waals surface area contributed by atoms with Crippen LogP contribution in [-0.2, 0) is 9.59 Å². The van der Waals surface area contributed by atoms with Gasteiger partial charge in [0.25, 0.3) is 0 Å². The first-order chi connectivity index (χ1) is 14.0. The van der Waals surface area contributed by atoms with Gasteiger partial charge in [-0.3, -0.25) is 9.59 Å². The molecule has 150 valence electrons. The summed E-state index contributed by atoms with van der Waals surface area (Å²) in [6.45, 7) is 4.60. The summed E-state index contributed by atoms with van der Waals surface area (Å²) in [7, 11) is 0. The van der Waals surface area contributed by atoms with E-state index in [1.54, 1.807) is 6.92 Å². The lowest BCUT2D eigenvalue weighted by Crippen LogP contribution is -2.48. The lowest BCUT2D eigenvalue weighted by molar-refractivity contribution is -0.129. The van der Waals surface area contributed by atoms with E-state index < -0.39 is 0 Å². The van der Waals surface area contributed by atoms with Crippen LogP contribution in [-0.4, -0.2) is 58.6 Å². The molecule has 2 aromatic rings. The Morgan fingerprint density at radius 1 is 1.24 bits per heavy atom. The fourth-order valence-electron chi connectivity index (χ4n) is 2.90. The van der Waals surface area contributed by atoms with Crippen LogP contribution in [0, 0.1) is 11.3 Å². The predicted molar refractivity (Wildman–Crippen MR) is 111 cm³/mol. The van der Waals surface area contributed by atoms with Gasteiger partial charge in [-0.05, 0) is 24.3 Å². The summed E-state index contributed by atoms with van der Waals surface area (Å²) in [5.74, 6) is 0.143. The van der Waals surface area contributed by atoms with Crippen molar-refractivity contribution in [3.05, 3.63) is 36.0 Å². The van der Waals surface area contributed by atoms with Gasteiger partial charge in [0.1, 0.15) is 17.5 Å². The van der Waals surface area contributed by atoms with Crippen molar-refractivity contribution in [3.63, 3.8) is 0 Å². The molecule has 1 saturated heterocycles. The van der Waals surface area contributed by atoms with Crippen molar-refractivity contribution in [2.45, 2.75) is 12.1 Å². The van der Waals surface area contributed by atoms with Crippen molar-refractivity contribution in [2.24, 2.45) is 0 Å². The van der Waals surface area contributed by atoms with Gasteiger partial charge in [0.15, 0.2) is 5.16 Å². The molecule has 0 atom stereocenters. The molecule has 1 aliphatic rings. The third-order valence-corrected chi connectivity index (χ3v) is 5.35. The molecule has 1 aromatic carbocycles. The molecular formula is C19H21N7O2S. The largest absolute Gasteiger partial charge is 0.382 e. The van der Waals surface area contributed by atoms with E-state index in [0.717, 1.165) is 30.5 Å². The summed E-state index contributed by atoms with van der Waals surface area (Å²) in [6, 6.07) is 9.51. The Kier molecular flexibility index (Phi) is 6.51. The quantitative estimate of drug-likeness (QED) is 0.557. The molecule has 1 aliphatic heterocycles. The number of piperazine rings is 1. The van der Waals surface area contributed by atoms with Crippen molar-refractivity contribution in [2.75, 3.05) is 47.9 Å². The van der Waals surface area contributed by atoms with Gasteiger partial charge >= 0.3 is 0 Å². The van der Waals surface area contributed by atoms with E-state index in [2.05, 4.69) is 20.2 Å². The molecule has 0 unspecified atom stereocenters. The molecule has 1 fully saturated rings. The van der Waals surface area contributed by atoms with Crippen LogP contribution < -0.4 is 16.0 Å². The average molecular weight is 411 g/mol. The summed E-state index contributed by atoms with van der Waals surface area (Å²) in [6.07, 6.45) is 1.34. The highest BCUT2D eigenvalue weighted by atomic mass is 32.2. The molecule has 0 bridgehead atoms. The minimum absolute atomic E-state index is 0.102. The molecule has 3 N–H and O–H groups in total.